The van der Waals surface area contributed by atoms with Crippen LogP contribution in [-0.4, -0.2) is 23.8 Å². The summed E-state index contributed by atoms with van der Waals surface area (Å²) in [6.07, 6.45) is 3.35. The highest BCUT2D eigenvalue weighted by molar-refractivity contribution is 5.82. The predicted octanol–water partition coefficient (Wildman–Crippen LogP) is 2.65. The Morgan fingerprint density at radius 2 is 2.12 bits per heavy atom. The first-order valence-electron chi connectivity index (χ1n) is 6.19. The molecule has 0 aromatic heterocycles. The van der Waals surface area contributed by atoms with Crippen LogP contribution >= 0.6 is 0 Å². The summed E-state index contributed by atoms with van der Waals surface area (Å²) in [7, 11) is 0. The van der Waals surface area contributed by atoms with Gasteiger partial charge in [-0.25, -0.2) is 0 Å². The third-order valence-electron chi connectivity index (χ3n) is 3.31. The molecule has 1 fully saturated rings. The van der Waals surface area contributed by atoms with Gasteiger partial charge in [-0.1, -0.05) is 36.4 Å². The smallest absolute Gasteiger partial charge is 0.138 e. The average Bonchev–Trinajstić information content (AvgIpc) is 2.35. The van der Waals surface area contributed by atoms with Gasteiger partial charge in [0.15, 0.2) is 0 Å². The summed E-state index contributed by atoms with van der Waals surface area (Å²) in [6.45, 7) is 6.44. The molecule has 2 nitrogen and oxygen atoms in total. The Bertz CT molecular complexity index is 385. The van der Waals surface area contributed by atoms with Crippen molar-refractivity contribution in [3.05, 3.63) is 48.6 Å². The Labute approximate surface area is 103 Å². The molecular weight excluding hydrogens is 210 g/mol. The number of benzene rings is 1. The maximum atomic E-state index is 11.7. The van der Waals surface area contributed by atoms with Crippen molar-refractivity contribution in [1.29, 1.82) is 0 Å². The summed E-state index contributed by atoms with van der Waals surface area (Å²) in [5.74, 6) is 0.555. The van der Waals surface area contributed by atoms with Crippen LogP contribution in [0.15, 0.2) is 43.0 Å². The SMILES string of the molecule is C=CC[C@H]1CN(Cc2ccccc2)CCC1=O. The van der Waals surface area contributed by atoms with E-state index >= 15 is 0 Å². The molecule has 17 heavy (non-hydrogen) atoms. The predicted molar refractivity (Wildman–Crippen MR) is 69.6 cm³/mol. The van der Waals surface area contributed by atoms with E-state index in [9.17, 15) is 4.79 Å². The van der Waals surface area contributed by atoms with E-state index in [0.29, 0.717) is 12.2 Å². The third kappa shape index (κ3) is 3.27. The van der Waals surface area contributed by atoms with E-state index in [4.69, 9.17) is 0 Å². The van der Waals surface area contributed by atoms with Gasteiger partial charge < -0.3 is 0 Å². The summed E-state index contributed by atoms with van der Waals surface area (Å²) in [5, 5.41) is 0. The van der Waals surface area contributed by atoms with Crippen molar-refractivity contribution in [3.8, 4) is 0 Å². The molecule has 1 saturated heterocycles. The van der Waals surface area contributed by atoms with Crippen LogP contribution in [0.2, 0.25) is 0 Å². The first-order valence-corrected chi connectivity index (χ1v) is 6.19. The summed E-state index contributed by atoms with van der Waals surface area (Å²) >= 11 is 0. The highest BCUT2D eigenvalue weighted by atomic mass is 16.1. The molecule has 0 radical (unpaired) electrons. The van der Waals surface area contributed by atoms with Crippen LogP contribution in [0, 0.1) is 5.92 Å². The third-order valence-corrected chi connectivity index (χ3v) is 3.31. The zero-order chi connectivity index (χ0) is 12.1. The highest BCUT2D eigenvalue weighted by Crippen LogP contribution is 2.18. The molecule has 0 spiro atoms. The fraction of sp³-hybridized carbons (Fsp3) is 0.400. The van der Waals surface area contributed by atoms with Gasteiger partial charge in [-0.3, -0.25) is 9.69 Å². The largest absolute Gasteiger partial charge is 0.299 e. The van der Waals surface area contributed by atoms with Gasteiger partial charge in [0.1, 0.15) is 5.78 Å². The normalized spacial score (nSPS) is 21.4. The van der Waals surface area contributed by atoms with Gasteiger partial charge in [-0.05, 0) is 12.0 Å². The summed E-state index contributed by atoms with van der Waals surface area (Å²) in [5.41, 5.74) is 1.32. The number of carbonyl (C=O) groups excluding carboxylic acids is 1. The molecule has 0 aliphatic carbocycles. The Balaban J connectivity index is 1.94. The number of allylic oxidation sites excluding steroid dienone is 1. The van der Waals surface area contributed by atoms with Crippen LogP contribution in [0.4, 0.5) is 0 Å². The molecule has 1 aromatic rings. The Morgan fingerprint density at radius 3 is 2.82 bits per heavy atom. The molecule has 0 N–H and O–H groups in total. The van der Waals surface area contributed by atoms with Crippen molar-refractivity contribution in [2.24, 2.45) is 5.92 Å². The number of nitrogens with zero attached hydrogens (tertiary/aromatic N) is 1. The summed E-state index contributed by atoms with van der Waals surface area (Å²) < 4.78 is 0. The first kappa shape index (κ1) is 12.1. The maximum absolute atomic E-state index is 11.7. The Kier molecular flexibility index (Phi) is 4.10. The standard InChI is InChI=1S/C15H19NO/c1-2-6-14-12-16(10-9-15(14)17)11-13-7-4-3-5-8-13/h2-5,7-8,14H,1,6,9-12H2/t14-/m0/s1. The fourth-order valence-electron chi connectivity index (χ4n) is 2.37. The van der Waals surface area contributed by atoms with Crippen molar-refractivity contribution in [2.45, 2.75) is 19.4 Å². The van der Waals surface area contributed by atoms with Gasteiger partial charge in [0, 0.05) is 32.0 Å². The van der Waals surface area contributed by atoms with Crippen LogP contribution in [0.25, 0.3) is 0 Å². The van der Waals surface area contributed by atoms with Crippen molar-refractivity contribution in [2.75, 3.05) is 13.1 Å². The van der Waals surface area contributed by atoms with Gasteiger partial charge in [0.2, 0.25) is 0 Å². The lowest BCUT2D eigenvalue weighted by atomic mass is 9.93. The lowest BCUT2D eigenvalue weighted by Crippen LogP contribution is -2.40. The second-order valence-electron chi connectivity index (χ2n) is 4.66. The minimum Gasteiger partial charge on any atom is -0.299 e. The summed E-state index contributed by atoms with van der Waals surface area (Å²) in [6, 6.07) is 10.4. The number of carbonyl (C=O) groups is 1. The van der Waals surface area contributed by atoms with Crippen molar-refractivity contribution >= 4 is 5.78 Å². The van der Waals surface area contributed by atoms with Crippen LogP contribution < -0.4 is 0 Å². The number of Topliss-reactive ketones (excluding diaryl/α,β-unsaturated/α-hetero) is 1. The lowest BCUT2D eigenvalue weighted by molar-refractivity contribution is -0.126. The van der Waals surface area contributed by atoms with Crippen LogP contribution in [0.1, 0.15) is 18.4 Å². The van der Waals surface area contributed by atoms with E-state index in [1.54, 1.807) is 0 Å². The number of piperidine rings is 1. The fourth-order valence-corrected chi connectivity index (χ4v) is 2.37. The number of rotatable bonds is 4. The molecule has 2 rings (SSSR count). The lowest BCUT2D eigenvalue weighted by Gasteiger charge is -2.31. The quantitative estimate of drug-likeness (QED) is 0.740. The molecule has 0 amide bonds. The van der Waals surface area contributed by atoms with E-state index in [2.05, 4.69) is 35.7 Å². The molecule has 1 atom stereocenters. The van der Waals surface area contributed by atoms with Crippen molar-refractivity contribution in [3.63, 3.8) is 0 Å². The molecule has 2 heteroatoms. The molecule has 1 aromatic carbocycles. The van der Waals surface area contributed by atoms with Crippen LogP contribution in [0.5, 0.6) is 0 Å². The molecule has 1 heterocycles. The second kappa shape index (κ2) is 5.78. The molecule has 1 aliphatic rings. The number of likely N-dealkylation sites (tertiary alicyclic amines) is 1. The van der Waals surface area contributed by atoms with Gasteiger partial charge in [-0.2, -0.15) is 0 Å². The summed E-state index contributed by atoms with van der Waals surface area (Å²) in [4.78, 5) is 14.1. The first-order chi connectivity index (χ1) is 8.29. The maximum Gasteiger partial charge on any atom is 0.138 e. The average molecular weight is 229 g/mol. The minimum atomic E-state index is 0.157. The molecule has 90 valence electrons. The topological polar surface area (TPSA) is 20.3 Å². The van der Waals surface area contributed by atoms with Gasteiger partial charge in [-0.15, -0.1) is 6.58 Å². The van der Waals surface area contributed by atoms with E-state index in [-0.39, 0.29) is 5.92 Å². The number of hydrogen-bond donors (Lipinski definition) is 0. The Hall–Kier alpha value is -1.41. The molecule has 0 bridgehead atoms. The van der Waals surface area contributed by atoms with Crippen molar-refractivity contribution < 1.29 is 4.79 Å². The zero-order valence-corrected chi connectivity index (χ0v) is 10.1. The van der Waals surface area contributed by atoms with Crippen molar-refractivity contribution in [1.82, 2.24) is 4.90 Å². The van der Waals surface area contributed by atoms with E-state index in [1.807, 2.05) is 12.1 Å². The van der Waals surface area contributed by atoms with E-state index < -0.39 is 0 Å². The second-order valence-corrected chi connectivity index (χ2v) is 4.66. The number of ketones is 1. The van der Waals surface area contributed by atoms with Gasteiger partial charge >= 0.3 is 0 Å². The Morgan fingerprint density at radius 1 is 1.35 bits per heavy atom. The molecule has 0 saturated carbocycles. The minimum absolute atomic E-state index is 0.157. The molecular formula is C15H19NO. The number of hydrogen-bond acceptors (Lipinski definition) is 2. The van der Waals surface area contributed by atoms with Gasteiger partial charge in [0.25, 0.3) is 0 Å². The zero-order valence-electron chi connectivity index (χ0n) is 10.1. The van der Waals surface area contributed by atoms with Crippen LogP contribution in [-0.2, 0) is 11.3 Å². The highest BCUT2D eigenvalue weighted by Gasteiger charge is 2.25. The monoisotopic (exact) mass is 229 g/mol. The van der Waals surface area contributed by atoms with Gasteiger partial charge in [0.05, 0.1) is 0 Å². The van der Waals surface area contributed by atoms with E-state index in [0.717, 1.165) is 26.1 Å². The van der Waals surface area contributed by atoms with E-state index in [1.165, 1.54) is 5.56 Å². The molecule has 1 aliphatic heterocycles. The molecule has 0 unspecified atom stereocenters. The van der Waals surface area contributed by atoms with Crippen LogP contribution in [0.3, 0.4) is 0 Å².